The minimum absolute atomic E-state index is 0.149. The van der Waals surface area contributed by atoms with Gasteiger partial charge in [-0.3, -0.25) is 13.9 Å². The van der Waals surface area contributed by atoms with Gasteiger partial charge in [-0.25, -0.2) is 14.2 Å². The lowest BCUT2D eigenvalue weighted by atomic mass is 9.85. The fourth-order valence-corrected chi connectivity index (χ4v) is 4.06. The summed E-state index contributed by atoms with van der Waals surface area (Å²) in [5.41, 5.74) is 1.70. The van der Waals surface area contributed by atoms with Crippen molar-refractivity contribution in [2.45, 2.75) is 32.4 Å². The third kappa shape index (κ3) is 3.84. The summed E-state index contributed by atoms with van der Waals surface area (Å²) >= 11 is 0. The van der Waals surface area contributed by atoms with Crippen molar-refractivity contribution < 1.29 is 4.39 Å². The molecule has 1 aliphatic rings. The van der Waals surface area contributed by atoms with Crippen LogP contribution in [-0.4, -0.2) is 25.6 Å². The zero-order valence-electron chi connectivity index (χ0n) is 17.6. The molecule has 0 bridgehead atoms. The highest BCUT2D eigenvalue weighted by molar-refractivity contribution is 5.69. The molecule has 8 heteroatoms. The number of hydrogen-bond donors (Lipinski definition) is 2. The Hall–Kier alpha value is -3.68. The minimum Gasteiger partial charge on any atom is -0.385 e. The van der Waals surface area contributed by atoms with Gasteiger partial charge in [0.25, 0.3) is 5.56 Å². The largest absolute Gasteiger partial charge is 0.385 e. The van der Waals surface area contributed by atoms with Crippen LogP contribution < -0.4 is 16.6 Å². The molecule has 0 atom stereocenters. The van der Waals surface area contributed by atoms with Gasteiger partial charge in [0, 0.05) is 17.8 Å². The molecule has 0 saturated heterocycles. The predicted octanol–water partition coefficient (Wildman–Crippen LogP) is 3.33. The molecule has 2 aromatic carbocycles. The van der Waals surface area contributed by atoms with Crippen LogP contribution in [0.25, 0.3) is 11.2 Å². The molecule has 4 aromatic rings. The van der Waals surface area contributed by atoms with Gasteiger partial charge in [0.1, 0.15) is 11.3 Å². The molecule has 1 fully saturated rings. The highest BCUT2D eigenvalue weighted by atomic mass is 19.1. The van der Waals surface area contributed by atoms with Crippen LogP contribution in [0, 0.1) is 11.7 Å². The number of anilines is 1. The number of imidazole rings is 1. The third-order valence-corrected chi connectivity index (χ3v) is 6.20. The van der Waals surface area contributed by atoms with Crippen LogP contribution in [-0.2, 0) is 13.1 Å². The molecule has 0 amide bonds. The Labute approximate surface area is 183 Å². The van der Waals surface area contributed by atoms with E-state index < -0.39 is 17.1 Å². The van der Waals surface area contributed by atoms with Crippen LogP contribution in [0.3, 0.4) is 0 Å². The van der Waals surface area contributed by atoms with E-state index in [1.807, 2.05) is 24.3 Å². The zero-order chi connectivity index (χ0) is 22.1. The number of aromatic amines is 1. The van der Waals surface area contributed by atoms with Gasteiger partial charge in [0.15, 0.2) is 5.65 Å². The Morgan fingerprint density at radius 3 is 2.53 bits per heavy atom. The maximum Gasteiger partial charge on any atom is 0.333 e. The van der Waals surface area contributed by atoms with Crippen LogP contribution in [0.5, 0.6) is 0 Å². The molecule has 1 aliphatic carbocycles. The van der Waals surface area contributed by atoms with E-state index in [0.29, 0.717) is 0 Å². The molecule has 2 N–H and O–H groups in total. The first kappa shape index (κ1) is 20.2. The van der Waals surface area contributed by atoms with Crippen LogP contribution in [0.2, 0.25) is 0 Å². The summed E-state index contributed by atoms with van der Waals surface area (Å²) < 4.78 is 16.7. The number of halogens is 1. The number of fused-ring (bicyclic) bond motifs is 1. The molecule has 32 heavy (non-hydrogen) atoms. The van der Waals surface area contributed by atoms with Crippen molar-refractivity contribution in [1.82, 2.24) is 19.1 Å². The lowest BCUT2D eigenvalue weighted by Crippen LogP contribution is -2.40. The first-order valence-electron chi connectivity index (χ1n) is 10.8. The average molecular weight is 433 g/mol. The Morgan fingerprint density at radius 1 is 1.03 bits per heavy atom. The third-order valence-electron chi connectivity index (χ3n) is 6.20. The Kier molecular flexibility index (Phi) is 5.34. The van der Waals surface area contributed by atoms with Crippen LogP contribution in [0.15, 0.2) is 64.4 Å². The second-order valence-electron chi connectivity index (χ2n) is 8.33. The summed E-state index contributed by atoms with van der Waals surface area (Å²) in [5, 5.41) is 3.46. The predicted molar refractivity (Wildman–Crippen MR) is 121 cm³/mol. The van der Waals surface area contributed by atoms with E-state index in [1.165, 1.54) is 36.2 Å². The molecule has 2 aromatic heterocycles. The molecule has 0 unspecified atom stereocenters. The van der Waals surface area contributed by atoms with Crippen molar-refractivity contribution in [3.63, 3.8) is 0 Å². The van der Waals surface area contributed by atoms with Crippen molar-refractivity contribution in [2.24, 2.45) is 5.92 Å². The van der Waals surface area contributed by atoms with E-state index >= 15 is 0 Å². The fraction of sp³-hybridized carbons (Fsp3) is 0.292. The van der Waals surface area contributed by atoms with Crippen molar-refractivity contribution in [3.05, 3.63) is 92.6 Å². The van der Waals surface area contributed by atoms with E-state index in [0.717, 1.165) is 28.3 Å². The van der Waals surface area contributed by atoms with E-state index in [4.69, 9.17) is 0 Å². The normalized spacial score (nSPS) is 13.9. The van der Waals surface area contributed by atoms with E-state index in [9.17, 15) is 14.0 Å². The quantitative estimate of drug-likeness (QED) is 0.468. The Balaban J connectivity index is 1.46. The van der Waals surface area contributed by atoms with Crippen LogP contribution >= 0.6 is 0 Å². The molecule has 2 heterocycles. The highest BCUT2D eigenvalue weighted by Crippen LogP contribution is 2.26. The van der Waals surface area contributed by atoms with Crippen molar-refractivity contribution >= 4 is 16.9 Å². The lowest BCUT2D eigenvalue weighted by Gasteiger charge is -2.25. The number of benzene rings is 2. The van der Waals surface area contributed by atoms with Gasteiger partial charge in [-0.1, -0.05) is 36.8 Å². The SMILES string of the molecule is O=c1c2[nH]cnc2n(Cc2ccc(NCC3CCC3)cc2)c(=O)n1Cc1ccccc1F. The first-order valence-corrected chi connectivity index (χ1v) is 10.8. The molecular formula is C24H24FN5O2. The maximum atomic E-state index is 14.2. The van der Waals surface area contributed by atoms with Gasteiger partial charge >= 0.3 is 5.69 Å². The molecule has 0 aliphatic heterocycles. The van der Waals surface area contributed by atoms with Gasteiger partial charge < -0.3 is 10.3 Å². The number of rotatable bonds is 7. The van der Waals surface area contributed by atoms with Gasteiger partial charge in [-0.2, -0.15) is 0 Å². The lowest BCUT2D eigenvalue weighted by molar-refractivity contribution is 0.333. The van der Waals surface area contributed by atoms with Crippen LogP contribution in [0.1, 0.15) is 30.4 Å². The smallest absolute Gasteiger partial charge is 0.333 e. The molecule has 0 radical (unpaired) electrons. The summed E-state index contributed by atoms with van der Waals surface area (Å²) in [6, 6.07) is 14.0. The number of nitrogens with one attached hydrogen (secondary N) is 2. The standard InChI is InChI=1S/C24H24FN5O2/c25-20-7-2-1-6-18(20)14-30-23(31)21-22(28-15-27-21)29(24(30)32)13-17-8-10-19(11-9-17)26-12-16-4-3-5-16/h1-2,6-11,15-16,26H,3-5,12-14H2,(H,27,28). The average Bonchev–Trinajstić information content (AvgIpc) is 3.25. The Morgan fingerprint density at radius 2 is 1.81 bits per heavy atom. The highest BCUT2D eigenvalue weighted by Gasteiger charge is 2.18. The first-order chi connectivity index (χ1) is 15.6. The van der Waals surface area contributed by atoms with E-state index in [1.54, 1.807) is 18.2 Å². The second-order valence-corrected chi connectivity index (χ2v) is 8.33. The summed E-state index contributed by atoms with van der Waals surface area (Å²) in [6.45, 7) is 1.08. The maximum absolute atomic E-state index is 14.2. The topological polar surface area (TPSA) is 84.7 Å². The summed E-state index contributed by atoms with van der Waals surface area (Å²) in [5.74, 6) is 0.303. The van der Waals surface area contributed by atoms with Crippen molar-refractivity contribution in [2.75, 3.05) is 11.9 Å². The van der Waals surface area contributed by atoms with Crippen LogP contribution in [0.4, 0.5) is 10.1 Å². The van der Waals surface area contributed by atoms with Gasteiger partial charge in [-0.05, 0) is 42.5 Å². The van der Waals surface area contributed by atoms with Gasteiger partial charge in [0.2, 0.25) is 0 Å². The number of aromatic nitrogens is 4. The monoisotopic (exact) mass is 433 g/mol. The molecule has 7 nitrogen and oxygen atoms in total. The molecule has 1 saturated carbocycles. The summed E-state index contributed by atoms with van der Waals surface area (Å²) in [7, 11) is 0. The Bertz CT molecular complexity index is 1370. The number of hydrogen-bond acceptors (Lipinski definition) is 4. The number of nitrogens with zero attached hydrogens (tertiary/aromatic N) is 3. The van der Waals surface area contributed by atoms with Gasteiger partial charge in [0.05, 0.1) is 19.4 Å². The van der Waals surface area contributed by atoms with E-state index in [-0.39, 0.29) is 29.8 Å². The summed E-state index contributed by atoms with van der Waals surface area (Å²) in [6.07, 6.45) is 5.29. The zero-order valence-corrected chi connectivity index (χ0v) is 17.6. The molecule has 0 spiro atoms. The molecular weight excluding hydrogens is 409 g/mol. The summed E-state index contributed by atoms with van der Waals surface area (Å²) in [4.78, 5) is 33.1. The molecule has 164 valence electrons. The molecule has 5 rings (SSSR count). The van der Waals surface area contributed by atoms with Crippen molar-refractivity contribution in [1.29, 1.82) is 0 Å². The van der Waals surface area contributed by atoms with Crippen molar-refractivity contribution in [3.8, 4) is 0 Å². The second kappa shape index (κ2) is 8.45. The number of H-pyrrole nitrogens is 1. The van der Waals surface area contributed by atoms with Gasteiger partial charge in [-0.15, -0.1) is 0 Å². The fourth-order valence-electron chi connectivity index (χ4n) is 4.06. The minimum atomic E-state index is -0.523. The van der Waals surface area contributed by atoms with E-state index in [2.05, 4.69) is 15.3 Å².